The van der Waals surface area contributed by atoms with E-state index in [4.69, 9.17) is 14.7 Å². The van der Waals surface area contributed by atoms with Crippen molar-refractivity contribution in [2.45, 2.75) is 44.8 Å². The number of rotatable bonds is 1. The second-order valence-corrected chi connectivity index (χ2v) is 5.95. The van der Waals surface area contributed by atoms with E-state index < -0.39 is 23.3 Å². The van der Waals surface area contributed by atoms with E-state index in [0.29, 0.717) is 19.5 Å². The van der Waals surface area contributed by atoms with Gasteiger partial charge in [0.1, 0.15) is 5.60 Å². The van der Waals surface area contributed by atoms with Gasteiger partial charge in [-0.25, -0.2) is 9.59 Å². The summed E-state index contributed by atoms with van der Waals surface area (Å²) in [5.41, 5.74) is -1.23. The quantitative estimate of drug-likeness (QED) is 0.774. The van der Waals surface area contributed by atoms with Crippen LogP contribution in [-0.4, -0.2) is 52.1 Å². The van der Waals surface area contributed by atoms with Gasteiger partial charge in [-0.15, -0.1) is 0 Å². The molecule has 0 bridgehead atoms. The van der Waals surface area contributed by atoms with E-state index >= 15 is 0 Å². The fourth-order valence-corrected chi connectivity index (χ4v) is 2.18. The van der Waals surface area contributed by atoms with Crippen molar-refractivity contribution in [3.63, 3.8) is 0 Å². The number of oxime groups is 1. The molecule has 1 fully saturated rings. The molecule has 1 N–H and O–H groups in total. The second kappa shape index (κ2) is 4.40. The summed E-state index contributed by atoms with van der Waals surface area (Å²) in [7, 11) is 0. The molecule has 0 aromatic rings. The maximum absolute atomic E-state index is 11.9. The van der Waals surface area contributed by atoms with Gasteiger partial charge >= 0.3 is 12.1 Å². The maximum Gasteiger partial charge on any atom is 0.410 e. The fourth-order valence-electron chi connectivity index (χ4n) is 2.18. The minimum Gasteiger partial charge on any atom is -0.477 e. The highest BCUT2D eigenvalue weighted by Gasteiger charge is 2.48. The number of carboxylic acid groups (broad SMARTS) is 1. The molecule has 19 heavy (non-hydrogen) atoms. The summed E-state index contributed by atoms with van der Waals surface area (Å²) in [6.07, 6.45) is 0.380. The predicted molar refractivity (Wildman–Crippen MR) is 65.9 cm³/mol. The summed E-state index contributed by atoms with van der Waals surface area (Å²) in [6.45, 7) is 6.19. The lowest BCUT2D eigenvalue weighted by atomic mass is 9.97. The number of hydrogen-bond acceptors (Lipinski definition) is 5. The molecule has 7 nitrogen and oxygen atoms in total. The molecule has 0 aromatic carbocycles. The summed E-state index contributed by atoms with van der Waals surface area (Å²) in [5, 5.41) is 12.4. The molecule has 1 amide bonds. The minimum atomic E-state index is -1.08. The molecule has 2 aliphatic rings. The van der Waals surface area contributed by atoms with Gasteiger partial charge in [0.25, 0.3) is 0 Å². The summed E-state index contributed by atoms with van der Waals surface area (Å²) >= 11 is 0. The van der Waals surface area contributed by atoms with Crippen LogP contribution in [0.1, 0.15) is 33.6 Å². The molecular formula is C12H18N2O5. The zero-order valence-corrected chi connectivity index (χ0v) is 11.3. The van der Waals surface area contributed by atoms with Crippen molar-refractivity contribution >= 4 is 17.8 Å². The summed E-state index contributed by atoms with van der Waals surface area (Å²) < 4.78 is 5.28. The predicted octanol–water partition coefficient (Wildman–Crippen LogP) is 1.23. The van der Waals surface area contributed by atoms with Crippen LogP contribution in [0.3, 0.4) is 0 Å². The molecule has 106 valence electrons. The van der Waals surface area contributed by atoms with Crippen LogP contribution in [-0.2, 0) is 14.4 Å². The van der Waals surface area contributed by atoms with E-state index in [1.807, 2.05) is 0 Å². The van der Waals surface area contributed by atoms with Gasteiger partial charge in [-0.1, -0.05) is 5.16 Å². The number of carbonyl (C=O) groups is 2. The topological polar surface area (TPSA) is 88.4 Å². The first kappa shape index (κ1) is 13.6. The van der Waals surface area contributed by atoms with Crippen molar-refractivity contribution in [2.24, 2.45) is 5.16 Å². The average Bonchev–Trinajstić information content (AvgIpc) is 2.85. The Kier molecular flexibility index (Phi) is 3.15. The summed E-state index contributed by atoms with van der Waals surface area (Å²) in [4.78, 5) is 29.5. The SMILES string of the molecule is CC(C)(C)OC(=O)N1CC[C@@]2(CC(C(=O)O)=NO2)C1. The maximum atomic E-state index is 11.9. The molecule has 1 spiro atoms. The van der Waals surface area contributed by atoms with Crippen molar-refractivity contribution in [1.82, 2.24) is 4.90 Å². The van der Waals surface area contributed by atoms with Crippen LogP contribution in [0.4, 0.5) is 4.79 Å². The van der Waals surface area contributed by atoms with Crippen LogP contribution < -0.4 is 0 Å². The van der Waals surface area contributed by atoms with E-state index in [1.54, 1.807) is 20.8 Å². The van der Waals surface area contributed by atoms with E-state index in [-0.39, 0.29) is 12.1 Å². The Bertz CT molecular complexity index is 440. The Morgan fingerprint density at radius 3 is 2.68 bits per heavy atom. The van der Waals surface area contributed by atoms with Gasteiger partial charge in [0.15, 0.2) is 11.3 Å². The van der Waals surface area contributed by atoms with E-state index in [1.165, 1.54) is 4.90 Å². The highest BCUT2D eigenvalue weighted by Crippen LogP contribution is 2.34. The number of amides is 1. The number of aliphatic carboxylic acids is 1. The fraction of sp³-hybridized carbons (Fsp3) is 0.750. The van der Waals surface area contributed by atoms with Crippen molar-refractivity contribution in [3.05, 3.63) is 0 Å². The first-order valence-corrected chi connectivity index (χ1v) is 6.17. The Labute approximate surface area is 111 Å². The summed E-state index contributed by atoms with van der Waals surface area (Å²) in [6, 6.07) is 0. The third-order valence-electron chi connectivity index (χ3n) is 3.05. The Balaban J connectivity index is 1.95. The first-order chi connectivity index (χ1) is 8.71. The van der Waals surface area contributed by atoms with Crippen LogP contribution in [0.5, 0.6) is 0 Å². The lowest BCUT2D eigenvalue weighted by Crippen LogP contribution is -2.39. The van der Waals surface area contributed by atoms with E-state index in [9.17, 15) is 9.59 Å². The molecular weight excluding hydrogens is 252 g/mol. The zero-order valence-electron chi connectivity index (χ0n) is 11.3. The van der Waals surface area contributed by atoms with Crippen LogP contribution >= 0.6 is 0 Å². The molecule has 1 atom stereocenters. The average molecular weight is 270 g/mol. The van der Waals surface area contributed by atoms with Crippen molar-refractivity contribution < 1.29 is 24.3 Å². The molecule has 2 aliphatic heterocycles. The molecule has 0 aliphatic carbocycles. The molecule has 2 rings (SSSR count). The van der Waals surface area contributed by atoms with Crippen molar-refractivity contribution in [3.8, 4) is 0 Å². The minimum absolute atomic E-state index is 0.00559. The number of carbonyl (C=O) groups excluding carboxylic acids is 1. The molecule has 0 saturated carbocycles. The van der Waals surface area contributed by atoms with Crippen molar-refractivity contribution in [2.75, 3.05) is 13.1 Å². The number of carboxylic acids is 1. The third kappa shape index (κ3) is 2.97. The number of hydrogen-bond donors (Lipinski definition) is 1. The lowest BCUT2D eigenvalue weighted by molar-refractivity contribution is -0.129. The molecule has 0 unspecified atom stereocenters. The molecule has 7 heteroatoms. The molecule has 0 radical (unpaired) electrons. The highest BCUT2D eigenvalue weighted by molar-refractivity contribution is 6.36. The van der Waals surface area contributed by atoms with Gasteiger partial charge < -0.3 is 19.6 Å². The third-order valence-corrected chi connectivity index (χ3v) is 3.05. The molecule has 0 aromatic heterocycles. The van der Waals surface area contributed by atoms with Crippen LogP contribution in [0.25, 0.3) is 0 Å². The largest absolute Gasteiger partial charge is 0.477 e. The second-order valence-electron chi connectivity index (χ2n) is 5.95. The lowest BCUT2D eigenvalue weighted by Gasteiger charge is -2.25. The number of ether oxygens (including phenoxy) is 1. The summed E-state index contributed by atoms with van der Waals surface area (Å²) in [5.74, 6) is -1.08. The van der Waals surface area contributed by atoms with Crippen LogP contribution in [0.2, 0.25) is 0 Å². The van der Waals surface area contributed by atoms with Crippen molar-refractivity contribution in [1.29, 1.82) is 0 Å². The Morgan fingerprint density at radius 1 is 1.47 bits per heavy atom. The zero-order chi connectivity index (χ0) is 14.3. The van der Waals surface area contributed by atoms with E-state index in [2.05, 4.69) is 5.16 Å². The van der Waals surface area contributed by atoms with Gasteiger partial charge in [-0.2, -0.15) is 0 Å². The van der Waals surface area contributed by atoms with Gasteiger partial charge in [-0.3, -0.25) is 0 Å². The molecule has 1 saturated heterocycles. The van der Waals surface area contributed by atoms with Gasteiger partial charge in [0.05, 0.1) is 6.54 Å². The Hall–Kier alpha value is -1.79. The number of likely N-dealkylation sites (tertiary alicyclic amines) is 1. The monoisotopic (exact) mass is 270 g/mol. The van der Waals surface area contributed by atoms with Crippen LogP contribution in [0, 0.1) is 0 Å². The Morgan fingerprint density at radius 2 is 2.16 bits per heavy atom. The highest BCUT2D eigenvalue weighted by atomic mass is 16.7. The van der Waals surface area contributed by atoms with Gasteiger partial charge in [-0.05, 0) is 20.8 Å². The van der Waals surface area contributed by atoms with Gasteiger partial charge in [0.2, 0.25) is 0 Å². The van der Waals surface area contributed by atoms with E-state index in [0.717, 1.165) is 0 Å². The van der Waals surface area contributed by atoms with Crippen LogP contribution in [0.15, 0.2) is 5.16 Å². The first-order valence-electron chi connectivity index (χ1n) is 6.17. The standard InChI is InChI=1S/C12H18N2O5/c1-11(2,3)18-10(17)14-5-4-12(7-14)6-8(9(15)16)13-19-12/h4-7H2,1-3H3,(H,15,16)/t12-/m1/s1. The number of nitrogens with zero attached hydrogens (tertiary/aromatic N) is 2. The smallest absolute Gasteiger partial charge is 0.410 e. The van der Waals surface area contributed by atoms with Gasteiger partial charge in [0, 0.05) is 19.4 Å². The normalized spacial score (nSPS) is 26.3. The molecule has 2 heterocycles.